The van der Waals surface area contributed by atoms with E-state index in [-0.39, 0.29) is 17.9 Å². The van der Waals surface area contributed by atoms with Crippen molar-refractivity contribution in [3.8, 4) is 0 Å². The van der Waals surface area contributed by atoms with E-state index in [1.165, 1.54) is 32.1 Å². The minimum atomic E-state index is 0.0523. The van der Waals surface area contributed by atoms with Crippen LogP contribution in [0.3, 0.4) is 0 Å². The molecule has 0 aromatic carbocycles. The summed E-state index contributed by atoms with van der Waals surface area (Å²) in [5.41, 5.74) is 0. The first-order valence-electron chi connectivity index (χ1n) is 10.9. The molecule has 2 atom stereocenters. The smallest absolute Gasteiger partial charge is 0.240 e. The number of amides is 2. The third-order valence-electron chi connectivity index (χ3n) is 6.82. The first-order valence-corrected chi connectivity index (χ1v) is 10.9. The Balaban J connectivity index is 1.64. The maximum atomic E-state index is 13.4. The number of hydrogen-bond acceptors (Lipinski definition) is 3. The Morgan fingerprint density at radius 1 is 0.808 bits per heavy atom. The molecule has 0 bridgehead atoms. The van der Waals surface area contributed by atoms with Gasteiger partial charge in [-0.05, 0) is 44.4 Å². The third kappa shape index (κ3) is 4.41. The first-order chi connectivity index (χ1) is 12.6. The van der Waals surface area contributed by atoms with Crippen LogP contribution in [0.4, 0.5) is 0 Å². The topological polar surface area (TPSA) is 43.9 Å². The molecule has 3 fully saturated rings. The number of hydrogen-bond donors (Lipinski definition) is 0. The van der Waals surface area contributed by atoms with Gasteiger partial charge in [-0.25, -0.2) is 0 Å². The normalized spacial score (nSPS) is 25.3. The summed E-state index contributed by atoms with van der Waals surface area (Å²) in [5.74, 6) is 1.29. The molecule has 0 radical (unpaired) electrons. The van der Waals surface area contributed by atoms with E-state index in [2.05, 4.69) is 16.7 Å². The highest BCUT2D eigenvalue weighted by Gasteiger charge is 2.39. The summed E-state index contributed by atoms with van der Waals surface area (Å²) in [7, 11) is 0. The molecule has 2 amide bonds. The molecule has 0 N–H and O–H groups in total. The second-order valence-corrected chi connectivity index (χ2v) is 8.55. The van der Waals surface area contributed by atoms with Crippen LogP contribution in [-0.2, 0) is 9.59 Å². The lowest BCUT2D eigenvalue weighted by Crippen LogP contribution is -2.59. The number of piperidine rings is 1. The van der Waals surface area contributed by atoms with Gasteiger partial charge in [-0.3, -0.25) is 14.5 Å². The Morgan fingerprint density at radius 3 is 1.96 bits per heavy atom. The maximum Gasteiger partial charge on any atom is 0.240 e. The van der Waals surface area contributed by atoms with Crippen molar-refractivity contribution < 1.29 is 9.59 Å². The van der Waals surface area contributed by atoms with Gasteiger partial charge in [-0.1, -0.05) is 26.7 Å². The molecule has 5 nitrogen and oxygen atoms in total. The largest absolute Gasteiger partial charge is 0.341 e. The van der Waals surface area contributed by atoms with Gasteiger partial charge in [0.15, 0.2) is 0 Å². The lowest BCUT2D eigenvalue weighted by atomic mass is 9.93. The van der Waals surface area contributed by atoms with Crippen LogP contribution in [0.1, 0.15) is 65.2 Å². The summed E-state index contributed by atoms with van der Waals surface area (Å²) >= 11 is 0. The van der Waals surface area contributed by atoms with E-state index in [4.69, 9.17) is 0 Å². The van der Waals surface area contributed by atoms with E-state index in [0.29, 0.717) is 11.8 Å². The van der Waals surface area contributed by atoms with Gasteiger partial charge in [0, 0.05) is 45.2 Å². The van der Waals surface area contributed by atoms with Crippen molar-refractivity contribution >= 4 is 11.8 Å². The number of nitrogens with zero attached hydrogens (tertiary/aromatic N) is 3. The second-order valence-electron chi connectivity index (χ2n) is 8.55. The van der Waals surface area contributed by atoms with Gasteiger partial charge in [-0.2, -0.15) is 0 Å². The monoisotopic (exact) mass is 363 g/mol. The molecule has 3 aliphatic rings. The zero-order chi connectivity index (χ0) is 18.5. The molecule has 0 aromatic rings. The average molecular weight is 364 g/mol. The molecule has 1 aliphatic carbocycles. The van der Waals surface area contributed by atoms with Crippen molar-refractivity contribution in [2.45, 2.75) is 71.3 Å². The fourth-order valence-corrected chi connectivity index (χ4v) is 4.94. The molecule has 1 saturated carbocycles. The van der Waals surface area contributed by atoms with Crippen molar-refractivity contribution in [2.75, 3.05) is 39.3 Å². The van der Waals surface area contributed by atoms with E-state index in [1.807, 2.05) is 11.8 Å². The van der Waals surface area contributed by atoms with Crippen LogP contribution >= 0.6 is 0 Å². The molecule has 148 valence electrons. The highest BCUT2D eigenvalue weighted by atomic mass is 16.2. The molecule has 26 heavy (non-hydrogen) atoms. The molecule has 2 aliphatic heterocycles. The summed E-state index contributed by atoms with van der Waals surface area (Å²) in [5, 5.41) is 0. The number of carbonyl (C=O) groups is 2. The molecule has 0 aromatic heterocycles. The van der Waals surface area contributed by atoms with Crippen molar-refractivity contribution in [3.05, 3.63) is 0 Å². The summed E-state index contributed by atoms with van der Waals surface area (Å²) in [6.07, 6.45) is 9.38. The molecule has 2 heterocycles. The second kappa shape index (κ2) is 9.20. The minimum absolute atomic E-state index is 0.0523. The number of piperazine rings is 1. The quantitative estimate of drug-likeness (QED) is 0.754. The molecule has 3 rings (SSSR count). The molecule has 2 unspecified atom stereocenters. The Morgan fingerprint density at radius 2 is 1.38 bits per heavy atom. The highest BCUT2D eigenvalue weighted by Crippen LogP contribution is 2.32. The average Bonchev–Trinajstić information content (AvgIpc) is 3.22. The van der Waals surface area contributed by atoms with Gasteiger partial charge >= 0.3 is 0 Å². The fourth-order valence-electron chi connectivity index (χ4n) is 4.94. The van der Waals surface area contributed by atoms with E-state index in [9.17, 15) is 9.59 Å². The van der Waals surface area contributed by atoms with Crippen molar-refractivity contribution in [1.29, 1.82) is 0 Å². The molecular weight excluding hydrogens is 326 g/mol. The van der Waals surface area contributed by atoms with Gasteiger partial charge in [0.1, 0.15) is 0 Å². The Bertz CT molecular complexity index is 476. The fraction of sp³-hybridized carbons (Fsp3) is 0.905. The van der Waals surface area contributed by atoms with E-state index >= 15 is 0 Å². The van der Waals surface area contributed by atoms with Gasteiger partial charge in [0.05, 0.1) is 6.04 Å². The molecule has 0 spiro atoms. The van der Waals surface area contributed by atoms with Crippen molar-refractivity contribution in [2.24, 2.45) is 11.8 Å². The van der Waals surface area contributed by atoms with Gasteiger partial charge in [-0.15, -0.1) is 0 Å². The van der Waals surface area contributed by atoms with E-state index in [1.54, 1.807) is 0 Å². The van der Waals surface area contributed by atoms with Gasteiger partial charge in [0.2, 0.25) is 11.8 Å². The molecule has 2 saturated heterocycles. The van der Waals surface area contributed by atoms with Crippen LogP contribution < -0.4 is 0 Å². The number of likely N-dealkylation sites (tertiary alicyclic amines) is 1. The zero-order valence-corrected chi connectivity index (χ0v) is 16.8. The van der Waals surface area contributed by atoms with Crippen LogP contribution in [0.2, 0.25) is 0 Å². The predicted octanol–water partition coefficient (Wildman–Crippen LogP) is 2.75. The van der Waals surface area contributed by atoms with Crippen LogP contribution in [0.15, 0.2) is 0 Å². The zero-order valence-electron chi connectivity index (χ0n) is 16.8. The Kier molecular flexibility index (Phi) is 6.96. The summed E-state index contributed by atoms with van der Waals surface area (Å²) in [6.45, 7) is 9.23. The molecular formula is C21H37N3O2. The maximum absolute atomic E-state index is 13.4. The van der Waals surface area contributed by atoms with Crippen LogP contribution in [0, 0.1) is 11.8 Å². The van der Waals surface area contributed by atoms with Crippen LogP contribution in [0.5, 0.6) is 0 Å². The third-order valence-corrected chi connectivity index (χ3v) is 6.82. The van der Waals surface area contributed by atoms with E-state index in [0.717, 1.165) is 58.5 Å². The first kappa shape index (κ1) is 19.7. The number of rotatable bonds is 5. The standard InChI is InChI=1S/C21H37N3O2/c1-3-17(2)20(25)24-15-13-22(14-16-24)19(18-9-5-6-10-18)21(26)23-11-7-4-8-12-23/h17-19H,3-16H2,1-2H3. The van der Waals surface area contributed by atoms with Crippen LogP contribution in [-0.4, -0.2) is 71.8 Å². The van der Waals surface area contributed by atoms with Crippen LogP contribution in [0.25, 0.3) is 0 Å². The predicted molar refractivity (Wildman–Crippen MR) is 104 cm³/mol. The molecule has 5 heteroatoms. The van der Waals surface area contributed by atoms with Gasteiger partial charge in [0.25, 0.3) is 0 Å². The lowest BCUT2D eigenvalue weighted by Gasteiger charge is -2.43. The number of carbonyl (C=O) groups excluding carboxylic acids is 2. The SMILES string of the molecule is CCC(C)C(=O)N1CCN(C(C(=O)N2CCCCC2)C2CCCC2)CC1. The summed E-state index contributed by atoms with van der Waals surface area (Å²) < 4.78 is 0. The van der Waals surface area contributed by atoms with Gasteiger partial charge < -0.3 is 9.80 Å². The van der Waals surface area contributed by atoms with E-state index < -0.39 is 0 Å². The summed E-state index contributed by atoms with van der Waals surface area (Å²) in [4.78, 5) is 32.4. The Labute approximate surface area is 159 Å². The Hall–Kier alpha value is -1.10. The summed E-state index contributed by atoms with van der Waals surface area (Å²) in [6, 6.07) is 0.0523. The van der Waals surface area contributed by atoms with Crippen molar-refractivity contribution in [3.63, 3.8) is 0 Å². The minimum Gasteiger partial charge on any atom is -0.341 e. The lowest BCUT2D eigenvalue weighted by molar-refractivity contribution is -0.143. The van der Waals surface area contributed by atoms with Crippen molar-refractivity contribution in [1.82, 2.24) is 14.7 Å². The highest BCUT2D eigenvalue weighted by molar-refractivity contribution is 5.82.